The number of ether oxygens (including phenoxy) is 1. The van der Waals surface area contributed by atoms with E-state index in [9.17, 15) is 18.7 Å². The number of nitrogens with zero attached hydrogens (tertiary/aromatic N) is 1. The highest BCUT2D eigenvalue weighted by molar-refractivity contribution is 5.95. The van der Waals surface area contributed by atoms with Crippen molar-refractivity contribution in [2.75, 3.05) is 20.2 Å². The molecule has 1 saturated heterocycles. The van der Waals surface area contributed by atoms with E-state index in [-0.39, 0.29) is 18.8 Å². The van der Waals surface area contributed by atoms with E-state index < -0.39 is 34.1 Å². The van der Waals surface area contributed by atoms with Gasteiger partial charge in [0.25, 0.3) is 5.91 Å². The second kappa shape index (κ2) is 4.94. The van der Waals surface area contributed by atoms with Crippen LogP contribution in [0.4, 0.5) is 8.78 Å². The Bertz CT molecular complexity index is 545. The summed E-state index contributed by atoms with van der Waals surface area (Å²) in [6.45, 7) is 5.48. The van der Waals surface area contributed by atoms with Crippen LogP contribution in [-0.2, 0) is 0 Å². The fraction of sp³-hybridized carbons (Fsp3) is 0.533. The van der Waals surface area contributed by atoms with Crippen LogP contribution in [0.15, 0.2) is 12.1 Å². The molecule has 6 heteroatoms. The van der Waals surface area contributed by atoms with Crippen LogP contribution >= 0.6 is 0 Å². The summed E-state index contributed by atoms with van der Waals surface area (Å²) in [5.74, 6) is -2.70. The van der Waals surface area contributed by atoms with Gasteiger partial charge in [0.2, 0.25) is 0 Å². The summed E-state index contributed by atoms with van der Waals surface area (Å²) in [6.07, 6.45) is 0. The smallest absolute Gasteiger partial charge is 0.259 e. The highest BCUT2D eigenvalue weighted by Gasteiger charge is 2.49. The number of carbonyl (C=O) groups is 1. The number of likely N-dealkylation sites (tertiary alicyclic amines) is 1. The number of β-amino-alcohol motifs (C(OH)–C–C–N with tert-alkyl or cyclic N) is 1. The molecule has 4 nitrogen and oxygen atoms in total. The van der Waals surface area contributed by atoms with E-state index in [1.54, 1.807) is 20.8 Å². The van der Waals surface area contributed by atoms with E-state index in [2.05, 4.69) is 0 Å². The Kier molecular flexibility index (Phi) is 3.70. The molecule has 0 spiro atoms. The molecule has 0 saturated carbocycles. The Morgan fingerprint density at radius 2 is 1.76 bits per heavy atom. The van der Waals surface area contributed by atoms with Crippen molar-refractivity contribution >= 4 is 5.91 Å². The van der Waals surface area contributed by atoms with Gasteiger partial charge in [-0.3, -0.25) is 4.79 Å². The molecule has 1 N–H and O–H groups in total. The number of methoxy groups -OCH3 is 1. The van der Waals surface area contributed by atoms with Crippen LogP contribution in [0, 0.1) is 17.0 Å². The molecule has 1 amide bonds. The predicted molar refractivity (Wildman–Crippen MR) is 73.2 cm³/mol. The van der Waals surface area contributed by atoms with Crippen LogP contribution in [0.2, 0.25) is 0 Å². The third-order valence-corrected chi connectivity index (χ3v) is 4.30. The maximum absolute atomic E-state index is 14.0. The maximum atomic E-state index is 14.0. The van der Waals surface area contributed by atoms with Crippen molar-refractivity contribution < 1.29 is 23.4 Å². The summed E-state index contributed by atoms with van der Waals surface area (Å²) in [6, 6.07) is 1.94. The number of carbonyl (C=O) groups excluding carboxylic acids is 1. The Balaban J connectivity index is 2.35. The first kappa shape index (κ1) is 15.7. The second-order valence-electron chi connectivity index (χ2n) is 6.28. The summed E-state index contributed by atoms with van der Waals surface area (Å²) >= 11 is 0. The monoisotopic (exact) mass is 299 g/mol. The molecule has 21 heavy (non-hydrogen) atoms. The molecular weight excluding hydrogens is 280 g/mol. The van der Waals surface area contributed by atoms with Gasteiger partial charge < -0.3 is 14.7 Å². The molecule has 0 radical (unpaired) electrons. The minimum absolute atomic E-state index is 0.00954. The van der Waals surface area contributed by atoms with Gasteiger partial charge in [0, 0.05) is 24.1 Å². The summed E-state index contributed by atoms with van der Waals surface area (Å²) < 4.78 is 32.7. The summed E-state index contributed by atoms with van der Waals surface area (Å²) in [7, 11) is 1.29. The molecule has 0 bridgehead atoms. The first-order valence-corrected chi connectivity index (χ1v) is 6.64. The lowest BCUT2D eigenvalue weighted by molar-refractivity contribution is -0.0108. The van der Waals surface area contributed by atoms with Crippen molar-refractivity contribution in [3.63, 3.8) is 0 Å². The molecule has 1 atom stereocenters. The van der Waals surface area contributed by atoms with Gasteiger partial charge in [0.05, 0.1) is 19.3 Å². The van der Waals surface area contributed by atoms with Crippen molar-refractivity contribution in [2.45, 2.75) is 26.4 Å². The molecule has 1 fully saturated rings. The van der Waals surface area contributed by atoms with Gasteiger partial charge in [0.1, 0.15) is 22.9 Å². The van der Waals surface area contributed by atoms with Gasteiger partial charge in [-0.1, -0.05) is 13.8 Å². The molecule has 1 aromatic rings. The van der Waals surface area contributed by atoms with Crippen molar-refractivity contribution in [1.82, 2.24) is 4.90 Å². The molecule has 2 rings (SSSR count). The molecule has 1 aliphatic heterocycles. The zero-order chi connectivity index (χ0) is 16.0. The number of hydrogen-bond acceptors (Lipinski definition) is 3. The van der Waals surface area contributed by atoms with Crippen molar-refractivity contribution in [3.8, 4) is 5.75 Å². The van der Waals surface area contributed by atoms with E-state index in [0.29, 0.717) is 0 Å². The van der Waals surface area contributed by atoms with Gasteiger partial charge >= 0.3 is 0 Å². The third-order valence-electron chi connectivity index (χ3n) is 4.30. The standard InChI is InChI=1S/C15H19F2NO3/c1-14(2)7-18(8-15(14,3)20)13(19)12-10(16)5-9(21-4)6-11(12)17/h5-6,20H,7-8H2,1-4H3/t15-/m1/s1. The number of amides is 1. The van der Waals surface area contributed by atoms with Crippen LogP contribution in [0.1, 0.15) is 31.1 Å². The Hall–Kier alpha value is -1.69. The topological polar surface area (TPSA) is 49.8 Å². The fourth-order valence-electron chi connectivity index (χ4n) is 2.46. The number of halogens is 2. The van der Waals surface area contributed by atoms with Crippen molar-refractivity contribution in [3.05, 3.63) is 29.3 Å². The molecule has 1 aliphatic rings. The third kappa shape index (κ3) is 2.60. The van der Waals surface area contributed by atoms with Crippen molar-refractivity contribution in [1.29, 1.82) is 0 Å². The van der Waals surface area contributed by atoms with Gasteiger partial charge in [-0.15, -0.1) is 0 Å². The number of aliphatic hydroxyl groups is 1. The van der Waals surface area contributed by atoms with Crippen LogP contribution in [0.3, 0.4) is 0 Å². The fourth-order valence-corrected chi connectivity index (χ4v) is 2.46. The lowest BCUT2D eigenvalue weighted by Crippen LogP contribution is -2.40. The first-order valence-electron chi connectivity index (χ1n) is 6.64. The normalized spacial score (nSPS) is 24.2. The average Bonchev–Trinajstić information content (AvgIpc) is 2.57. The Morgan fingerprint density at radius 1 is 1.24 bits per heavy atom. The maximum Gasteiger partial charge on any atom is 0.259 e. The summed E-state index contributed by atoms with van der Waals surface area (Å²) in [5, 5.41) is 10.3. The minimum Gasteiger partial charge on any atom is -0.497 e. The van der Waals surface area contributed by atoms with Gasteiger partial charge in [0.15, 0.2) is 0 Å². The van der Waals surface area contributed by atoms with Crippen LogP contribution in [0.25, 0.3) is 0 Å². The largest absolute Gasteiger partial charge is 0.497 e. The summed E-state index contributed by atoms with van der Waals surface area (Å²) in [5.41, 5.74) is -2.28. The highest BCUT2D eigenvalue weighted by atomic mass is 19.1. The second-order valence-corrected chi connectivity index (χ2v) is 6.28. The van der Waals surface area contributed by atoms with E-state index >= 15 is 0 Å². The average molecular weight is 299 g/mol. The molecule has 0 aliphatic carbocycles. The quantitative estimate of drug-likeness (QED) is 0.911. The number of benzene rings is 1. The molecule has 0 aromatic heterocycles. The molecule has 116 valence electrons. The number of rotatable bonds is 2. The zero-order valence-electron chi connectivity index (χ0n) is 12.5. The summed E-state index contributed by atoms with van der Waals surface area (Å²) in [4.78, 5) is 13.6. The van der Waals surface area contributed by atoms with Crippen LogP contribution in [-0.4, -0.2) is 41.7 Å². The lowest BCUT2D eigenvalue weighted by Gasteiger charge is -2.30. The van der Waals surface area contributed by atoms with E-state index in [1.807, 2.05) is 0 Å². The van der Waals surface area contributed by atoms with Crippen molar-refractivity contribution in [2.24, 2.45) is 5.41 Å². The lowest BCUT2D eigenvalue weighted by atomic mass is 9.79. The molecule has 0 unspecified atom stereocenters. The predicted octanol–water partition coefficient (Wildman–Crippen LogP) is 2.21. The molecule has 1 heterocycles. The SMILES string of the molecule is COc1cc(F)c(C(=O)N2CC(C)(C)[C@](C)(O)C2)c(F)c1. The van der Waals surface area contributed by atoms with Gasteiger partial charge in [-0.05, 0) is 6.92 Å². The zero-order valence-corrected chi connectivity index (χ0v) is 12.5. The molecular formula is C15H19F2NO3. The van der Waals surface area contributed by atoms with E-state index in [0.717, 1.165) is 12.1 Å². The van der Waals surface area contributed by atoms with Crippen LogP contribution < -0.4 is 4.74 Å². The number of hydrogen-bond donors (Lipinski definition) is 1. The first-order chi connectivity index (χ1) is 9.59. The molecule has 1 aromatic carbocycles. The highest BCUT2D eigenvalue weighted by Crippen LogP contribution is 2.39. The van der Waals surface area contributed by atoms with E-state index in [4.69, 9.17) is 4.74 Å². The van der Waals surface area contributed by atoms with E-state index in [1.165, 1.54) is 12.0 Å². The Labute approximate surface area is 122 Å². The van der Waals surface area contributed by atoms with Gasteiger partial charge in [-0.2, -0.15) is 0 Å². The van der Waals surface area contributed by atoms with Gasteiger partial charge in [-0.25, -0.2) is 8.78 Å². The minimum atomic E-state index is -1.11. The van der Waals surface area contributed by atoms with Crippen LogP contribution in [0.5, 0.6) is 5.75 Å². The Morgan fingerprint density at radius 3 is 2.14 bits per heavy atom.